The number of hydrogen-bond donors (Lipinski definition) is 1. The van der Waals surface area contributed by atoms with E-state index in [1.54, 1.807) is 0 Å². The SMILES string of the molecule is CC1(C)CCN(Cc2cccc(C#CCCO)c2)C1. The van der Waals surface area contributed by atoms with E-state index in [9.17, 15) is 0 Å². The average Bonchev–Trinajstić information content (AvgIpc) is 2.69. The molecule has 1 saturated heterocycles. The predicted molar refractivity (Wildman–Crippen MR) is 78.7 cm³/mol. The van der Waals surface area contributed by atoms with Crippen LogP contribution in [0.5, 0.6) is 0 Å². The molecule has 0 aromatic heterocycles. The fraction of sp³-hybridized carbons (Fsp3) is 0.529. The van der Waals surface area contributed by atoms with Crippen LogP contribution >= 0.6 is 0 Å². The second-order valence-corrected chi connectivity index (χ2v) is 6.10. The summed E-state index contributed by atoms with van der Waals surface area (Å²) < 4.78 is 0. The molecule has 102 valence electrons. The number of rotatable bonds is 3. The maximum atomic E-state index is 8.73. The van der Waals surface area contributed by atoms with Crippen molar-refractivity contribution < 1.29 is 5.11 Å². The van der Waals surface area contributed by atoms with Gasteiger partial charge in [-0.3, -0.25) is 4.90 Å². The maximum absolute atomic E-state index is 8.73. The molecule has 0 radical (unpaired) electrons. The minimum atomic E-state index is 0.134. The first-order valence-electron chi connectivity index (χ1n) is 7.00. The lowest BCUT2D eigenvalue weighted by atomic mass is 9.93. The number of aliphatic hydroxyl groups is 1. The zero-order chi connectivity index (χ0) is 13.7. The van der Waals surface area contributed by atoms with E-state index < -0.39 is 0 Å². The topological polar surface area (TPSA) is 23.5 Å². The molecule has 1 heterocycles. The van der Waals surface area contributed by atoms with Gasteiger partial charge in [0, 0.05) is 25.1 Å². The smallest absolute Gasteiger partial charge is 0.0540 e. The zero-order valence-electron chi connectivity index (χ0n) is 11.9. The van der Waals surface area contributed by atoms with Crippen LogP contribution in [-0.2, 0) is 6.54 Å². The van der Waals surface area contributed by atoms with Crippen LogP contribution < -0.4 is 0 Å². The van der Waals surface area contributed by atoms with Crippen LogP contribution in [0.1, 0.15) is 37.8 Å². The van der Waals surface area contributed by atoms with Crippen LogP contribution in [0.3, 0.4) is 0 Å². The van der Waals surface area contributed by atoms with Crippen molar-refractivity contribution in [3.63, 3.8) is 0 Å². The standard InChI is InChI=1S/C17H23NO/c1-17(2)9-10-18(14-17)13-16-8-5-7-15(12-16)6-3-4-11-19/h5,7-8,12,19H,4,9-11,13-14H2,1-2H3. The number of aliphatic hydroxyl groups excluding tert-OH is 1. The monoisotopic (exact) mass is 257 g/mol. The molecular formula is C17H23NO. The van der Waals surface area contributed by atoms with Crippen molar-refractivity contribution in [2.24, 2.45) is 5.41 Å². The van der Waals surface area contributed by atoms with Crippen LogP contribution in [0.4, 0.5) is 0 Å². The lowest BCUT2D eigenvalue weighted by Gasteiger charge is -2.19. The number of hydrogen-bond acceptors (Lipinski definition) is 2. The maximum Gasteiger partial charge on any atom is 0.0540 e. The highest BCUT2D eigenvalue weighted by atomic mass is 16.2. The number of likely N-dealkylation sites (tertiary alicyclic amines) is 1. The summed E-state index contributed by atoms with van der Waals surface area (Å²) in [7, 11) is 0. The summed E-state index contributed by atoms with van der Waals surface area (Å²) in [6.45, 7) is 8.18. The van der Waals surface area contributed by atoms with Crippen molar-refractivity contribution in [1.82, 2.24) is 4.90 Å². The number of nitrogens with zero attached hydrogens (tertiary/aromatic N) is 1. The molecule has 0 unspecified atom stereocenters. The molecule has 0 bridgehead atoms. The van der Waals surface area contributed by atoms with E-state index in [0.717, 1.165) is 12.1 Å². The summed E-state index contributed by atoms with van der Waals surface area (Å²) in [5.74, 6) is 6.07. The molecule has 1 aliphatic rings. The second-order valence-electron chi connectivity index (χ2n) is 6.10. The van der Waals surface area contributed by atoms with Crippen molar-refractivity contribution in [2.75, 3.05) is 19.7 Å². The first-order chi connectivity index (χ1) is 9.09. The summed E-state index contributed by atoms with van der Waals surface area (Å²) in [6.07, 6.45) is 1.83. The van der Waals surface area contributed by atoms with Crippen LogP contribution in [-0.4, -0.2) is 29.7 Å². The van der Waals surface area contributed by atoms with Crippen LogP contribution in [0.25, 0.3) is 0 Å². The third-order valence-corrected chi connectivity index (χ3v) is 3.56. The normalized spacial score (nSPS) is 18.1. The van der Waals surface area contributed by atoms with Crippen LogP contribution in [0.15, 0.2) is 24.3 Å². The summed E-state index contributed by atoms with van der Waals surface area (Å²) in [5.41, 5.74) is 2.83. The van der Waals surface area contributed by atoms with Crippen molar-refractivity contribution >= 4 is 0 Å². The quantitative estimate of drug-likeness (QED) is 0.842. The van der Waals surface area contributed by atoms with Gasteiger partial charge in [-0.15, -0.1) is 0 Å². The largest absolute Gasteiger partial charge is 0.395 e. The van der Waals surface area contributed by atoms with E-state index in [4.69, 9.17) is 5.11 Å². The Kier molecular flexibility index (Phi) is 4.63. The molecule has 0 saturated carbocycles. The Hall–Kier alpha value is -1.30. The molecule has 0 amide bonds. The molecule has 2 heteroatoms. The van der Waals surface area contributed by atoms with Gasteiger partial charge >= 0.3 is 0 Å². The van der Waals surface area contributed by atoms with Gasteiger partial charge in [0.1, 0.15) is 0 Å². The Morgan fingerprint density at radius 1 is 1.37 bits per heavy atom. The van der Waals surface area contributed by atoms with Gasteiger partial charge in [0.25, 0.3) is 0 Å². The molecule has 2 nitrogen and oxygen atoms in total. The van der Waals surface area contributed by atoms with Gasteiger partial charge in [-0.05, 0) is 36.1 Å². The molecule has 1 aromatic rings. The molecule has 2 rings (SSSR count). The predicted octanol–water partition coefficient (Wildman–Crippen LogP) is 2.65. The fourth-order valence-electron chi connectivity index (χ4n) is 2.59. The Morgan fingerprint density at radius 3 is 2.89 bits per heavy atom. The van der Waals surface area contributed by atoms with Gasteiger partial charge in [0.2, 0.25) is 0 Å². The van der Waals surface area contributed by atoms with Gasteiger partial charge in [-0.2, -0.15) is 0 Å². The van der Waals surface area contributed by atoms with E-state index in [-0.39, 0.29) is 6.61 Å². The summed E-state index contributed by atoms with van der Waals surface area (Å²) in [5, 5.41) is 8.73. The average molecular weight is 257 g/mol. The summed E-state index contributed by atoms with van der Waals surface area (Å²) in [4.78, 5) is 2.51. The fourth-order valence-corrected chi connectivity index (χ4v) is 2.59. The van der Waals surface area contributed by atoms with Crippen molar-refractivity contribution in [2.45, 2.75) is 33.2 Å². The highest BCUT2D eigenvalue weighted by Gasteiger charge is 2.28. The minimum absolute atomic E-state index is 0.134. The van der Waals surface area contributed by atoms with Crippen molar-refractivity contribution in [3.05, 3.63) is 35.4 Å². The van der Waals surface area contributed by atoms with Crippen LogP contribution in [0.2, 0.25) is 0 Å². The van der Waals surface area contributed by atoms with E-state index >= 15 is 0 Å². The Bertz CT molecular complexity index is 482. The molecular weight excluding hydrogens is 234 g/mol. The summed E-state index contributed by atoms with van der Waals surface area (Å²) >= 11 is 0. The van der Waals surface area contributed by atoms with Gasteiger partial charge in [0.15, 0.2) is 0 Å². The second kappa shape index (κ2) is 6.23. The highest BCUT2D eigenvalue weighted by Crippen LogP contribution is 2.29. The molecule has 0 spiro atoms. The minimum Gasteiger partial charge on any atom is -0.395 e. The Morgan fingerprint density at radius 2 is 2.21 bits per heavy atom. The van der Waals surface area contributed by atoms with Gasteiger partial charge < -0.3 is 5.11 Å². The van der Waals surface area contributed by atoms with Crippen molar-refractivity contribution in [1.29, 1.82) is 0 Å². The lowest BCUT2D eigenvalue weighted by molar-refractivity contribution is 0.284. The van der Waals surface area contributed by atoms with Crippen molar-refractivity contribution in [3.8, 4) is 11.8 Å². The molecule has 1 aliphatic heterocycles. The van der Waals surface area contributed by atoms with E-state index in [1.165, 1.54) is 25.1 Å². The van der Waals surface area contributed by atoms with Gasteiger partial charge in [0.05, 0.1) is 6.61 Å². The third kappa shape index (κ3) is 4.38. The first-order valence-corrected chi connectivity index (χ1v) is 7.00. The molecule has 0 aliphatic carbocycles. The van der Waals surface area contributed by atoms with Gasteiger partial charge in [-0.25, -0.2) is 0 Å². The van der Waals surface area contributed by atoms with Gasteiger partial charge in [-0.1, -0.05) is 37.8 Å². The lowest BCUT2D eigenvalue weighted by Crippen LogP contribution is -2.22. The first kappa shape index (κ1) is 14.1. The number of benzene rings is 1. The molecule has 1 fully saturated rings. The molecule has 0 atom stereocenters. The molecule has 19 heavy (non-hydrogen) atoms. The van der Waals surface area contributed by atoms with Crippen LogP contribution in [0, 0.1) is 17.3 Å². The zero-order valence-corrected chi connectivity index (χ0v) is 11.9. The van der Waals surface area contributed by atoms with E-state index in [2.05, 4.69) is 48.8 Å². The molecule has 1 N–H and O–H groups in total. The Labute approximate surface area is 116 Å². The Balaban J connectivity index is 1.98. The van der Waals surface area contributed by atoms with E-state index in [0.29, 0.717) is 11.8 Å². The highest BCUT2D eigenvalue weighted by molar-refractivity contribution is 5.37. The van der Waals surface area contributed by atoms with E-state index in [1.807, 2.05) is 6.07 Å². The molecule has 1 aromatic carbocycles. The third-order valence-electron chi connectivity index (χ3n) is 3.56. The summed E-state index contributed by atoms with van der Waals surface area (Å²) in [6, 6.07) is 8.43.